The number of aromatic nitrogens is 1. The van der Waals surface area contributed by atoms with Crippen molar-refractivity contribution in [1.29, 1.82) is 0 Å². The molecule has 20 heavy (non-hydrogen) atoms. The van der Waals surface area contributed by atoms with Crippen LogP contribution in [0.1, 0.15) is 23.7 Å². The Morgan fingerprint density at radius 2 is 2.15 bits per heavy atom. The summed E-state index contributed by atoms with van der Waals surface area (Å²) in [6.45, 7) is 3.48. The van der Waals surface area contributed by atoms with Gasteiger partial charge in [-0.15, -0.1) is 0 Å². The van der Waals surface area contributed by atoms with Gasteiger partial charge in [-0.25, -0.2) is 13.4 Å². The highest BCUT2D eigenvalue weighted by Gasteiger charge is 2.23. The number of carbonyl (C=O) groups excluding carboxylic acids is 1. The minimum atomic E-state index is -3.00. The minimum absolute atomic E-state index is 0.0433. The average Bonchev–Trinajstić information content (AvgIpc) is 2.60. The molecule has 0 bridgehead atoms. The van der Waals surface area contributed by atoms with Crippen molar-refractivity contribution < 1.29 is 13.2 Å². The summed E-state index contributed by atoms with van der Waals surface area (Å²) >= 11 is 0. The summed E-state index contributed by atoms with van der Waals surface area (Å²) in [7, 11) is -3.00. The molecule has 0 radical (unpaired) electrons. The zero-order valence-electron chi connectivity index (χ0n) is 11.5. The molecule has 2 rings (SSSR count). The van der Waals surface area contributed by atoms with E-state index in [1.165, 1.54) is 6.20 Å². The Labute approximate surface area is 119 Å². The predicted octanol–water partition coefficient (Wildman–Crippen LogP) is 0.774. The number of hydrogen-bond donors (Lipinski definition) is 1. The molecule has 0 aliphatic carbocycles. The molecule has 1 aromatic heterocycles. The van der Waals surface area contributed by atoms with Gasteiger partial charge in [0.05, 0.1) is 17.1 Å². The van der Waals surface area contributed by atoms with Gasteiger partial charge in [0.2, 0.25) is 0 Å². The number of carbonyl (C=O) groups is 1. The van der Waals surface area contributed by atoms with Crippen molar-refractivity contribution in [3.63, 3.8) is 0 Å². The number of nitrogens with zero attached hydrogens (tertiary/aromatic N) is 2. The van der Waals surface area contributed by atoms with Gasteiger partial charge in [-0.05, 0) is 25.5 Å². The lowest BCUT2D eigenvalue weighted by Gasteiger charge is -2.19. The molecule has 1 amide bonds. The first-order valence-corrected chi connectivity index (χ1v) is 8.53. The summed E-state index contributed by atoms with van der Waals surface area (Å²) in [6.07, 6.45) is 2.02. The highest BCUT2D eigenvalue weighted by Crippen LogP contribution is 2.11. The van der Waals surface area contributed by atoms with E-state index in [1.807, 2.05) is 6.92 Å². The number of anilines is 1. The van der Waals surface area contributed by atoms with Gasteiger partial charge in [0.25, 0.3) is 5.91 Å². The quantitative estimate of drug-likeness (QED) is 0.891. The van der Waals surface area contributed by atoms with Crippen LogP contribution in [0.3, 0.4) is 0 Å². The highest BCUT2D eigenvalue weighted by molar-refractivity contribution is 7.91. The van der Waals surface area contributed by atoms with E-state index in [0.717, 1.165) is 12.4 Å². The lowest BCUT2D eigenvalue weighted by molar-refractivity contribution is 0.0768. The third-order valence-electron chi connectivity index (χ3n) is 3.21. The predicted molar refractivity (Wildman–Crippen MR) is 77.6 cm³/mol. The molecule has 6 nitrogen and oxygen atoms in total. The molecular weight excluding hydrogens is 278 g/mol. The molecule has 0 unspecified atom stereocenters. The number of amides is 1. The van der Waals surface area contributed by atoms with E-state index in [4.69, 9.17) is 0 Å². The summed E-state index contributed by atoms with van der Waals surface area (Å²) < 4.78 is 23.1. The fourth-order valence-corrected chi connectivity index (χ4v) is 3.40. The maximum Gasteiger partial charge on any atom is 0.255 e. The van der Waals surface area contributed by atoms with Gasteiger partial charge < -0.3 is 10.2 Å². The van der Waals surface area contributed by atoms with Crippen molar-refractivity contribution in [2.24, 2.45) is 0 Å². The SMILES string of the molecule is CCNc1ccc(C(=O)N2CCCS(=O)(=O)CC2)cn1. The minimum Gasteiger partial charge on any atom is -0.370 e. The number of rotatable bonds is 3. The fourth-order valence-electron chi connectivity index (χ4n) is 2.13. The number of sulfone groups is 1. The van der Waals surface area contributed by atoms with Gasteiger partial charge in [0, 0.05) is 25.8 Å². The highest BCUT2D eigenvalue weighted by atomic mass is 32.2. The largest absolute Gasteiger partial charge is 0.370 e. The van der Waals surface area contributed by atoms with Crippen molar-refractivity contribution in [3.8, 4) is 0 Å². The van der Waals surface area contributed by atoms with Crippen molar-refractivity contribution in [3.05, 3.63) is 23.9 Å². The molecule has 0 spiro atoms. The first kappa shape index (κ1) is 14.8. The third kappa shape index (κ3) is 3.69. The normalized spacial score (nSPS) is 18.4. The second kappa shape index (κ2) is 6.21. The van der Waals surface area contributed by atoms with Crippen LogP contribution in [0.15, 0.2) is 18.3 Å². The topological polar surface area (TPSA) is 79.4 Å². The molecule has 1 aliphatic heterocycles. The first-order valence-electron chi connectivity index (χ1n) is 6.71. The summed E-state index contributed by atoms with van der Waals surface area (Å²) in [5.41, 5.74) is 0.492. The van der Waals surface area contributed by atoms with Gasteiger partial charge in [0.15, 0.2) is 9.84 Å². The van der Waals surface area contributed by atoms with Crippen LogP contribution in [0.5, 0.6) is 0 Å². The van der Waals surface area contributed by atoms with Crippen molar-refractivity contribution in [2.45, 2.75) is 13.3 Å². The van der Waals surface area contributed by atoms with Crippen molar-refractivity contribution in [2.75, 3.05) is 36.5 Å². The van der Waals surface area contributed by atoms with Gasteiger partial charge >= 0.3 is 0 Å². The molecule has 0 atom stereocenters. The van der Waals surface area contributed by atoms with Crippen molar-refractivity contribution in [1.82, 2.24) is 9.88 Å². The molecule has 1 fully saturated rings. The summed E-state index contributed by atoms with van der Waals surface area (Å²) in [4.78, 5) is 18.1. The van der Waals surface area contributed by atoms with E-state index in [9.17, 15) is 13.2 Å². The summed E-state index contributed by atoms with van der Waals surface area (Å²) in [6, 6.07) is 3.47. The Hall–Kier alpha value is -1.63. The van der Waals surface area contributed by atoms with E-state index in [0.29, 0.717) is 18.5 Å². The maximum absolute atomic E-state index is 12.3. The van der Waals surface area contributed by atoms with Crippen LogP contribution in [0, 0.1) is 0 Å². The monoisotopic (exact) mass is 297 g/mol. The Kier molecular flexibility index (Phi) is 4.59. The summed E-state index contributed by atoms with van der Waals surface area (Å²) in [5.74, 6) is 0.774. The van der Waals surface area contributed by atoms with E-state index in [-0.39, 0.29) is 24.0 Å². The molecule has 0 saturated carbocycles. The van der Waals surface area contributed by atoms with E-state index in [1.54, 1.807) is 17.0 Å². The van der Waals surface area contributed by atoms with Crippen LogP contribution in [0.2, 0.25) is 0 Å². The summed E-state index contributed by atoms with van der Waals surface area (Å²) in [5, 5.41) is 3.06. The van der Waals surface area contributed by atoms with Gasteiger partial charge in [0.1, 0.15) is 5.82 Å². The molecule has 1 N–H and O–H groups in total. The molecule has 1 aromatic rings. The second-order valence-corrected chi connectivity index (χ2v) is 7.06. The Morgan fingerprint density at radius 1 is 1.35 bits per heavy atom. The molecular formula is C13H19N3O3S. The molecule has 7 heteroatoms. The third-order valence-corrected chi connectivity index (χ3v) is 4.93. The van der Waals surface area contributed by atoms with Gasteiger partial charge in [-0.3, -0.25) is 4.79 Å². The van der Waals surface area contributed by atoms with Crippen LogP contribution in [-0.2, 0) is 9.84 Å². The van der Waals surface area contributed by atoms with Gasteiger partial charge in [-0.1, -0.05) is 0 Å². The fraction of sp³-hybridized carbons (Fsp3) is 0.538. The van der Waals surface area contributed by atoms with Crippen LogP contribution < -0.4 is 5.32 Å². The maximum atomic E-state index is 12.3. The zero-order chi connectivity index (χ0) is 14.6. The standard InChI is InChI=1S/C13H19N3O3S/c1-2-14-12-5-4-11(10-15-12)13(17)16-6-3-8-20(18,19)9-7-16/h4-5,10H,2-3,6-9H2,1H3,(H,14,15). The van der Waals surface area contributed by atoms with Crippen LogP contribution in [0.4, 0.5) is 5.82 Å². The smallest absolute Gasteiger partial charge is 0.255 e. The van der Waals surface area contributed by atoms with Gasteiger partial charge in [-0.2, -0.15) is 0 Å². The molecule has 1 aliphatic rings. The lowest BCUT2D eigenvalue weighted by Crippen LogP contribution is -2.33. The van der Waals surface area contributed by atoms with Crippen LogP contribution in [0.25, 0.3) is 0 Å². The van der Waals surface area contributed by atoms with Crippen molar-refractivity contribution >= 4 is 21.6 Å². The van der Waals surface area contributed by atoms with Crippen LogP contribution >= 0.6 is 0 Å². The lowest BCUT2D eigenvalue weighted by atomic mass is 10.2. The Balaban J connectivity index is 2.06. The molecule has 2 heterocycles. The Bertz CT molecular complexity index is 569. The second-order valence-electron chi connectivity index (χ2n) is 4.76. The molecule has 1 saturated heterocycles. The number of hydrogen-bond acceptors (Lipinski definition) is 5. The number of nitrogens with one attached hydrogen (secondary N) is 1. The first-order chi connectivity index (χ1) is 9.52. The van der Waals surface area contributed by atoms with E-state index >= 15 is 0 Å². The van der Waals surface area contributed by atoms with Crippen LogP contribution in [-0.4, -0.2) is 55.3 Å². The van der Waals surface area contributed by atoms with E-state index in [2.05, 4.69) is 10.3 Å². The molecule has 0 aromatic carbocycles. The zero-order valence-corrected chi connectivity index (χ0v) is 12.3. The Morgan fingerprint density at radius 3 is 2.80 bits per heavy atom. The number of pyridine rings is 1. The molecule has 110 valence electrons. The average molecular weight is 297 g/mol. The van der Waals surface area contributed by atoms with E-state index < -0.39 is 9.84 Å².